The van der Waals surface area contributed by atoms with E-state index >= 15 is 0 Å². The van der Waals surface area contributed by atoms with E-state index < -0.39 is 5.69 Å². The molecule has 1 aromatic heterocycles. The van der Waals surface area contributed by atoms with Crippen LogP contribution in [-0.2, 0) is 4.74 Å². The Labute approximate surface area is 107 Å². The zero-order valence-electron chi connectivity index (χ0n) is 10.4. The number of aromatic nitrogens is 2. The van der Waals surface area contributed by atoms with Crippen molar-refractivity contribution in [2.75, 3.05) is 6.61 Å². The molecule has 1 aliphatic rings. The Balaban J connectivity index is 0.000000550. The fraction of sp³-hybridized carbons (Fsp3) is 0.600. The number of aromatic amines is 1. The van der Waals surface area contributed by atoms with Crippen LogP contribution in [0.2, 0.25) is 0 Å². The van der Waals surface area contributed by atoms with E-state index in [1.807, 2.05) is 0 Å². The van der Waals surface area contributed by atoms with Crippen LogP contribution >= 0.6 is 0 Å². The summed E-state index contributed by atoms with van der Waals surface area (Å²) >= 11 is 0. The average Bonchev–Trinajstić information content (AvgIpc) is 2.83. The topological polar surface area (TPSA) is 145 Å². The fourth-order valence-electron chi connectivity index (χ4n) is 1.83. The van der Waals surface area contributed by atoms with Gasteiger partial charge < -0.3 is 9.84 Å². The highest BCUT2D eigenvalue weighted by atomic mass is 16.5. The summed E-state index contributed by atoms with van der Waals surface area (Å²) < 4.78 is 6.83. The molecule has 0 radical (unpaired) electrons. The van der Waals surface area contributed by atoms with E-state index in [9.17, 15) is 9.59 Å². The minimum atomic E-state index is -0.473. The number of nitrogens with one attached hydrogen (secondary N) is 2. The average molecular weight is 269 g/mol. The van der Waals surface area contributed by atoms with Gasteiger partial charge in [-0.1, -0.05) is 0 Å². The van der Waals surface area contributed by atoms with Gasteiger partial charge in [0.25, 0.3) is 5.56 Å². The SMILES string of the molecule is Cc1cn([C@H]2CC[C@@H](CO)O2)c(=O)[nH]c1=O.[N-]=[N+]=N. The number of ether oxygens (including phenoxy) is 1. The van der Waals surface area contributed by atoms with Gasteiger partial charge in [-0.2, -0.15) is 0 Å². The molecule has 9 nitrogen and oxygen atoms in total. The van der Waals surface area contributed by atoms with Crippen molar-refractivity contribution in [3.8, 4) is 0 Å². The number of nitrogens with zero attached hydrogens (tertiary/aromatic N) is 3. The molecule has 0 aromatic carbocycles. The lowest BCUT2D eigenvalue weighted by atomic mass is 10.2. The Hall–Kier alpha value is -2.09. The van der Waals surface area contributed by atoms with Crippen LogP contribution < -0.4 is 11.2 Å². The van der Waals surface area contributed by atoms with Crippen molar-refractivity contribution in [1.82, 2.24) is 9.55 Å². The molecule has 0 saturated carbocycles. The molecule has 2 heterocycles. The van der Waals surface area contributed by atoms with Gasteiger partial charge in [0, 0.05) is 11.8 Å². The maximum Gasteiger partial charge on any atom is 0.330 e. The first kappa shape index (κ1) is 15.0. The molecule has 0 bridgehead atoms. The molecule has 0 amide bonds. The van der Waals surface area contributed by atoms with Gasteiger partial charge >= 0.3 is 5.69 Å². The van der Waals surface area contributed by atoms with Gasteiger partial charge in [-0.15, -0.1) is 5.53 Å². The lowest BCUT2D eigenvalue weighted by Gasteiger charge is -2.14. The molecule has 1 fully saturated rings. The quantitative estimate of drug-likeness (QED) is 0.405. The molecule has 0 spiro atoms. The van der Waals surface area contributed by atoms with Crippen molar-refractivity contribution >= 4 is 0 Å². The lowest BCUT2D eigenvalue weighted by Crippen LogP contribution is -2.33. The highest BCUT2D eigenvalue weighted by molar-refractivity contribution is 5.01. The van der Waals surface area contributed by atoms with Crippen molar-refractivity contribution in [3.63, 3.8) is 0 Å². The van der Waals surface area contributed by atoms with Gasteiger partial charge in [-0.05, 0) is 30.2 Å². The predicted octanol–water partition coefficient (Wildman–Crippen LogP) is 0.390. The summed E-state index contributed by atoms with van der Waals surface area (Å²) in [4.78, 5) is 26.7. The summed E-state index contributed by atoms with van der Waals surface area (Å²) in [7, 11) is 0. The first-order valence-corrected chi connectivity index (χ1v) is 5.62. The Bertz CT molecular complexity index is 572. The minimum Gasteiger partial charge on any atom is -0.394 e. The molecule has 2 atom stereocenters. The minimum absolute atomic E-state index is 0.0480. The number of aryl methyl sites for hydroxylation is 1. The summed E-state index contributed by atoms with van der Waals surface area (Å²) in [6.45, 7) is 1.58. The van der Waals surface area contributed by atoms with Crippen LogP contribution in [0.25, 0.3) is 10.4 Å². The largest absolute Gasteiger partial charge is 0.394 e. The van der Waals surface area contributed by atoms with Crippen LogP contribution in [0.15, 0.2) is 15.8 Å². The van der Waals surface area contributed by atoms with Crippen molar-refractivity contribution in [2.45, 2.75) is 32.1 Å². The van der Waals surface area contributed by atoms with Crippen molar-refractivity contribution < 1.29 is 9.84 Å². The van der Waals surface area contributed by atoms with E-state index in [1.165, 1.54) is 10.8 Å². The van der Waals surface area contributed by atoms with E-state index in [-0.39, 0.29) is 24.5 Å². The maximum atomic E-state index is 11.5. The number of aliphatic hydroxyl groups excluding tert-OH is 1. The lowest BCUT2D eigenvalue weighted by molar-refractivity contribution is -0.0247. The molecular formula is C10H15N5O4. The highest BCUT2D eigenvalue weighted by Crippen LogP contribution is 2.26. The molecule has 1 aliphatic heterocycles. The summed E-state index contributed by atoms with van der Waals surface area (Å²) in [5.74, 6) is 0. The van der Waals surface area contributed by atoms with Gasteiger partial charge in [0.05, 0.1) is 12.7 Å². The van der Waals surface area contributed by atoms with Crippen molar-refractivity contribution in [2.24, 2.45) is 0 Å². The van der Waals surface area contributed by atoms with Crippen LogP contribution in [0.4, 0.5) is 0 Å². The van der Waals surface area contributed by atoms with Crippen LogP contribution in [-0.4, -0.2) is 27.4 Å². The monoisotopic (exact) mass is 269 g/mol. The van der Waals surface area contributed by atoms with Crippen LogP contribution in [0.1, 0.15) is 24.6 Å². The molecule has 0 unspecified atom stereocenters. The van der Waals surface area contributed by atoms with E-state index in [1.54, 1.807) is 11.8 Å². The van der Waals surface area contributed by atoms with E-state index in [0.717, 1.165) is 0 Å². The summed E-state index contributed by atoms with van der Waals surface area (Å²) in [5.41, 5.74) is 11.9. The number of H-pyrrole nitrogens is 1. The van der Waals surface area contributed by atoms with Crippen molar-refractivity contribution in [1.29, 1.82) is 5.53 Å². The molecular weight excluding hydrogens is 254 g/mol. The number of hydrogen-bond acceptors (Lipinski definition) is 5. The van der Waals surface area contributed by atoms with Crippen LogP contribution in [0.5, 0.6) is 0 Å². The third-order valence-corrected chi connectivity index (χ3v) is 2.74. The number of hydrogen-bond donors (Lipinski definition) is 3. The van der Waals surface area contributed by atoms with Gasteiger partial charge in [-0.3, -0.25) is 14.3 Å². The highest BCUT2D eigenvalue weighted by Gasteiger charge is 2.26. The van der Waals surface area contributed by atoms with Crippen molar-refractivity contribution in [3.05, 3.63) is 43.0 Å². The molecule has 2 rings (SSSR count). The summed E-state index contributed by atoms with van der Waals surface area (Å²) in [6.07, 6.45) is 2.26. The predicted molar refractivity (Wildman–Crippen MR) is 65.7 cm³/mol. The number of rotatable bonds is 2. The standard InChI is InChI=1S/C10H14N2O4.HN3/c1-6-4-12(10(15)11-9(6)14)8-3-2-7(5-13)16-8;1-3-2/h4,7-8,13H,2-3,5H2,1H3,(H,11,14,15);1H/t7-,8+;/m0./s1. The molecule has 1 saturated heterocycles. The Morgan fingerprint density at radius 3 is 2.79 bits per heavy atom. The second-order valence-electron chi connectivity index (χ2n) is 4.05. The Morgan fingerprint density at radius 1 is 1.63 bits per heavy atom. The van der Waals surface area contributed by atoms with Crippen LogP contribution in [0, 0.1) is 12.5 Å². The summed E-state index contributed by atoms with van der Waals surface area (Å²) in [5, 5.41) is 8.93. The van der Waals surface area contributed by atoms with Crippen LogP contribution in [0.3, 0.4) is 0 Å². The molecule has 19 heavy (non-hydrogen) atoms. The first-order chi connectivity index (χ1) is 9.03. The third-order valence-electron chi connectivity index (χ3n) is 2.74. The third kappa shape index (κ3) is 3.68. The summed E-state index contributed by atoms with van der Waals surface area (Å²) in [6, 6.07) is 0. The van der Waals surface area contributed by atoms with E-state index in [0.29, 0.717) is 18.4 Å². The number of aliphatic hydroxyl groups is 1. The molecule has 1 aromatic rings. The van der Waals surface area contributed by atoms with Gasteiger partial charge in [0.2, 0.25) is 0 Å². The molecule has 104 valence electrons. The Morgan fingerprint density at radius 2 is 2.26 bits per heavy atom. The molecule has 3 N–H and O–H groups in total. The second-order valence-corrected chi connectivity index (χ2v) is 4.05. The van der Waals surface area contributed by atoms with Gasteiger partial charge in [0.1, 0.15) is 6.23 Å². The van der Waals surface area contributed by atoms with Gasteiger partial charge in [-0.25, -0.2) is 4.79 Å². The molecule has 9 heteroatoms. The fourth-order valence-corrected chi connectivity index (χ4v) is 1.83. The van der Waals surface area contributed by atoms with E-state index in [4.69, 9.17) is 20.9 Å². The first-order valence-electron chi connectivity index (χ1n) is 5.62. The molecule has 0 aliphatic carbocycles. The van der Waals surface area contributed by atoms with Gasteiger partial charge in [0.15, 0.2) is 0 Å². The normalized spacial score (nSPS) is 21.4. The van der Waals surface area contributed by atoms with E-state index in [2.05, 4.69) is 4.98 Å². The smallest absolute Gasteiger partial charge is 0.330 e. The second kappa shape index (κ2) is 6.74. The Kier molecular flexibility index (Phi) is 5.31. The maximum absolute atomic E-state index is 11.5. The zero-order chi connectivity index (χ0) is 14.4. The zero-order valence-corrected chi connectivity index (χ0v) is 10.4.